The number of alkyl halides is 2. The molecule has 1 saturated carbocycles. The molecule has 0 unspecified atom stereocenters. The summed E-state index contributed by atoms with van der Waals surface area (Å²) in [5, 5.41) is -0.955. The monoisotopic (exact) mass is 600 g/mol. The maximum Gasteiger partial charge on any atom is 0.432 e. The molecule has 0 saturated heterocycles. The van der Waals surface area contributed by atoms with E-state index in [4.69, 9.17) is 16.3 Å². The lowest BCUT2D eigenvalue weighted by Gasteiger charge is -2.36. The van der Waals surface area contributed by atoms with E-state index in [1.165, 1.54) is 37.8 Å². The Morgan fingerprint density at radius 2 is 1.46 bits per heavy atom. The lowest BCUT2D eigenvalue weighted by molar-refractivity contribution is -0.189. The van der Waals surface area contributed by atoms with E-state index >= 15 is 4.39 Å². The summed E-state index contributed by atoms with van der Waals surface area (Å²) in [4.78, 5) is 0. The van der Waals surface area contributed by atoms with E-state index in [9.17, 15) is 26.3 Å². The van der Waals surface area contributed by atoms with E-state index in [0.29, 0.717) is 54.5 Å². The van der Waals surface area contributed by atoms with Gasteiger partial charge in [-0.05, 0) is 72.4 Å². The standard InChI is InChI=1S/C31H28ClF7O2/c1-2-3-16-4-6-17(7-5-16)20-8-19-11-23(33)22(14-28(19)40-15-20)18-9-24(34)29(25(35)10-18)31(38,39)41-21-12-26(36)30(32)27(37)13-21/h9-14,16-17,20H,2-8,15H2,1H3/t16?,17?,20-/m0/s1. The van der Waals surface area contributed by atoms with Crippen LogP contribution in [-0.4, -0.2) is 6.61 Å². The summed E-state index contributed by atoms with van der Waals surface area (Å²) in [6.07, 6.45) is 2.94. The Kier molecular flexibility index (Phi) is 8.46. The molecular weight excluding hydrogens is 573 g/mol. The third-order valence-electron chi connectivity index (χ3n) is 8.19. The van der Waals surface area contributed by atoms with Gasteiger partial charge in [0.2, 0.25) is 0 Å². The highest BCUT2D eigenvalue weighted by Crippen LogP contribution is 2.43. The maximum atomic E-state index is 15.2. The molecule has 0 aromatic heterocycles. The first-order valence-corrected chi connectivity index (χ1v) is 14.0. The van der Waals surface area contributed by atoms with E-state index in [1.54, 1.807) is 0 Å². The van der Waals surface area contributed by atoms with Crippen molar-refractivity contribution in [2.45, 2.75) is 58.0 Å². The van der Waals surface area contributed by atoms with Crippen LogP contribution in [0.25, 0.3) is 11.1 Å². The minimum absolute atomic E-state index is 0.224. The predicted molar refractivity (Wildman–Crippen MR) is 141 cm³/mol. The number of hydrogen-bond acceptors (Lipinski definition) is 2. The Morgan fingerprint density at radius 1 is 0.829 bits per heavy atom. The molecular formula is C31H28ClF7O2. The second-order valence-electron chi connectivity index (χ2n) is 10.9. The van der Waals surface area contributed by atoms with Gasteiger partial charge in [0.25, 0.3) is 0 Å². The summed E-state index contributed by atoms with van der Waals surface area (Å²) >= 11 is 5.33. The molecule has 10 heteroatoms. The average molecular weight is 601 g/mol. The molecule has 1 aliphatic heterocycles. The molecule has 1 heterocycles. The summed E-state index contributed by atoms with van der Waals surface area (Å²) < 4.78 is 112. The molecule has 1 aliphatic carbocycles. The Bertz CT molecular complexity index is 1390. The highest BCUT2D eigenvalue weighted by molar-refractivity contribution is 6.30. The molecule has 2 nitrogen and oxygen atoms in total. The van der Waals surface area contributed by atoms with Crippen LogP contribution in [0, 0.1) is 46.8 Å². The molecule has 0 amide bonds. The van der Waals surface area contributed by atoms with Crippen LogP contribution in [0.15, 0.2) is 36.4 Å². The van der Waals surface area contributed by atoms with Crippen LogP contribution in [-0.2, 0) is 12.5 Å². The summed E-state index contributed by atoms with van der Waals surface area (Å²) in [6.45, 7) is 2.63. The number of halogens is 8. The van der Waals surface area contributed by atoms with Crippen molar-refractivity contribution < 1.29 is 40.2 Å². The molecule has 2 aliphatic rings. The van der Waals surface area contributed by atoms with Crippen molar-refractivity contribution in [3.63, 3.8) is 0 Å². The normalized spacial score (nSPS) is 20.9. The van der Waals surface area contributed by atoms with Crippen molar-refractivity contribution in [3.05, 3.63) is 81.6 Å². The van der Waals surface area contributed by atoms with Crippen LogP contribution in [0.2, 0.25) is 5.02 Å². The number of hydrogen-bond donors (Lipinski definition) is 0. The average Bonchev–Trinajstić information content (AvgIpc) is 2.90. The van der Waals surface area contributed by atoms with Gasteiger partial charge in [-0.15, -0.1) is 0 Å². The predicted octanol–water partition coefficient (Wildman–Crippen LogP) is 9.99. The molecule has 0 spiro atoms. The van der Waals surface area contributed by atoms with E-state index < -0.39 is 51.5 Å². The van der Waals surface area contributed by atoms with Crippen molar-refractivity contribution in [3.8, 4) is 22.6 Å². The van der Waals surface area contributed by atoms with Gasteiger partial charge >= 0.3 is 6.11 Å². The van der Waals surface area contributed by atoms with E-state index in [-0.39, 0.29) is 17.0 Å². The molecule has 1 fully saturated rings. The van der Waals surface area contributed by atoms with Gasteiger partial charge < -0.3 is 9.47 Å². The Labute approximate surface area is 238 Å². The first-order valence-electron chi connectivity index (χ1n) is 13.6. The number of benzene rings is 3. The van der Waals surface area contributed by atoms with Crippen LogP contribution in [0.5, 0.6) is 11.5 Å². The van der Waals surface area contributed by atoms with E-state index in [1.807, 2.05) is 0 Å². The quantitative estimate of drug-likeness (QED) is 0.198. The van der Waals surface area contributed by atoms with Gasteiger partial charge in [-0.3, -0.25) is 0 Å². The molecule has 0 bridgehead atoms. The zero-order valence-corrected chi connectivity index (χ0v) is 22.9. The first-order chi connectivity index (χ1) is 19.5. The first kappa shape index (κ1) is 29.5. The number of fused-ring (bicyclic) bond motifs is 1. The Balaban J connectivity index is 1.36. The molecule has 1 atom stereocenters. The Morgan fingerprint density at radius 3 is 2.07 bits per heavy atom. The molecule has 220 valence electrons. The summed E-state index contributed by atoms with van der Waals surface area (Å²) in [5.41, 5.74) is -1.71. The van der Waals surface area contributed by atoms with E-state index in [0.717, 1.165) is 18.8 Å². The highest BCUT2D eigenvalue weighted by Gasteiger charge is 2.42. The van der Waals surface area contributed by atoms with Crippen molar-refractivity contribution in [1.82, 2.24) is 0 Å². The molecule has 0 radical (unpaired) electrons. The summed E-state index contributed by atoms with van der Waals surface area (Å²) in [5.74, 6) is -6.22. The molecule has 5 rings (SSSR count). The number of ether oxygens (including phenoxy) is 2. The maximum absolute atomic E-state index is 15.2. The summed E-state index contributed by atoms with van der Waals surface area (Å²) in [7, 11) is 0. The minimum Gasteiger partial charge on any atom is -0.493 e. The fraction of sp³-hybridized carbons (Fsp3) is 0.419. The molecule has 3 aromatic rings. The second kappa shape index (κ2) is 11.7. The zero-order chi connectivity index (χ0) is 29.5. The lowest BCUT2D eigenvalue weighted by atomic mass is 9.72. The van der Waals surface area contributed by atoms with Gasteiger partial charge in [-0.1, -0.05) is 44.2 Å². The van der Waals surface area contributed by atoms with Gasteiger partial charge in [0, 0.05) is 17.7 Å². The SMILES string of the molecule is CCCC1CCC([C@@H]2COc3cc(-c4cc(F)c(C(F)(F)Oc5cc(F)c(Cl)c(F)c5)c(F)c4)c(F)cc3C2)CC1. The van der Waals surface area contributed by atoms with Gasteiger partial charge in [0.1, 0.15) is 51.2 Å². The van der Waals surface area contributed by atoms with Crippen LogP contribution in [0.4, 0.5) is 30.7 Å². The van der Waals surface area contributed by atoms with Gasteiger partial charge in [0.05, 0.1) is 6.61 Å². The third kappa shape index (κ3) is 6.15. The fourth-order valence-electron chi connectivity index (χ4n) is 6.10. The van der Waals surface area contributed by atoms with Crippen LogP contribution in [0.1, 0.15) is 56.6 Å². The van der Waals surface area contributed by atoms with Crippen molar-refractivity contribution >= 4 is 11.6 Å². The van der Waals surface area contributed by atoms with Crippen LogP contribution in [0.3, 0.4) is 0 Å². The molecule has 0 N–H and O–H groups in total. The minimum atomic E-state index is -4.67. The summed E-state index contributed by atoms with van der Waals surface area (Å²) in [6, 6.07) is 4.39. The largest absolute Gasteiger partial charge is 0.493 e. The van der Waals surface area contributed by atoms with Crippen molar-refractivity contribution in [1.29, 1.82) is 0 Å². The van der Waals surface area contributed by atoms with E-state index in [2.05, 4.69) is 11.7 Å². The lowest BCUT2D eigenvalue weighted by Crippen LogP contribution is -2.31. The topological polar surface area (TPSA) is 18.5 Å². The fourth-order valence-corrected chi connectivity index (χ4v) is 6.21. The van der Waals surface area contributed by atoms with Crippen LogP contribution >= 0.6 is 11.6 Å². The molecule has 41 heavy (non-hydrogen) atoms. The van der Waals surface area contributed by atoms with Crippen molar-refractivity contribution in [2.24, 2.45) is 17.8 Å². The second-order valence-corrected chi connectivity index (χ2v) is 11.3. The zero-order valence-electron chi connectivity index (χ0n) is 22.2. The number of rotatable bonds is 7. The van der Waals surface area contributed by atoms with Crippen molar-refractivity contribution in [2.75, 3.05) is 6.61 Å². The highest BCUT2D eigenvalue weighted by atomic mass is 35.5. The van der Waals surface area contributed by atoms with Crippen LogP contribution < -0.4 is 9.47 Å². The van der Waals surface area contributed by atoms with Gasteiger partial charge in [-0.2, -0.15) is 8.78 Å². The van der Waals surface area contributed by atoms with Gasteiger partial charge in [-0.25, -0.2) is 22.0 Å². The Hall–Kier alpha value is -2.94. The van der Waals surface area contributed by atoms with Gasteiger partial charge in [0.15, 0.2) is 0 Å². The molecule has 3 aromatic carbocycles. The third-order valence-corrected chi connectivity index (χ3v) is 8.55. The smallest absolute Gasteiger partial charge is 0.432 e.